The summed E-state index contributed by atoms with van der Waals surface area (Å²) in [6.07, 6.45) is 10.0. The summed E-state index contributed by atoms with van der Waals surface area (Å²) in [7, 11) is 0. The van der Waals surface area contributed by atoms with E-state index >= 15 is 0 Å². The number of nitrogens with zero attached hydrogens (tertiary/aromatic N) is 3. The second-order valence-corrected chi connectivity index (χ2v) is 7.57. The topological polar surface area (TPSA) is 76.9 Å². The molecule has 0 unspecified atom stereocenters. The molecule has 3 heterocycles. The lowest BCUT2D eigenvalue weighted by Gasteiger charge is -2.16. The summed E-state index contributed by atoms with van der Waals surface area (Å²) in [6, 6.07) is 3.98. The molecule has 1 N–H and O–H groups in total. The van der Waals surface area contributed by atoms with Crippen LogP contribution in [0.3, 0.4) is 0 Å². The van der Waals surface area contributed by atoms with Crippen molar-refractivity contribution in [1.82, 2.24) is 19.9 Å². The minimum absolute atomic E-state index is 0.0138. The van der Waals surface area contributed by atoms with Gasteiger partial charge in [0, 0.05) is 17.6 Å². The number of rotatable bonds is 3. The Hall–Kier alpha value is -2.28. The third kappa shape index (κ3) is 3.28. The van der Waals surface area contributed by atoms with Gasteiger partial charge in [0.15, 0.2) is 0 Å². The Kier molecular flexibility index (Phi) is 4.48. The number of fused-ring (bicyclic) bond motifs is 3. The van der Waals surface area contributed by atoms with Crippen molar-refractivity contribution in [3.63, 3.8) is 0 Å². The Morgan fingerprint density at radius 2 is 2.04 bits per heavy atom. The number of hydrogen-bond acceptors (Lipinski definition) is 5. The van der Waals surface area contributed by atoms with Crippen LogP contribution in [0.4, 0.5) is 0 Å². The first kappa shape index (κ1) is 16.2. The van der Waals surface area contributed by atoms with Crippen LogP contribution in [0.1, 0.15) is 38.5 Å². The molecule has 6 nitrogen and oxygen atoms in total. The molecule has 1 fully saturated rings. The Bertz CT molecular complexity index is 970. The van der Waals surface area contributed by atoms with Crippen LogP contribution >= 0.6 is 11.3 Å². The first-order valence-corrected chi connectivity index (χ1v) is 9.56. The summed E-state index contributed by atoms with van der Waals surface area (Å²) in [5.41, 5.74) is 0.488. The lowest BCUT2D eigenvalue weighted by Crippen LogP contribution is -2.38. The summed E-state index contributed by atoms with van der Waals surface area (Å²) in [4.78, 5) is 34.5. The van der Waals surface area contributed by atoms with Gasteiger partial charge in [-0.15, -0.1) is 11.3 Å². The number of pyridine rings is 1. The molecule has 25 heavy (non-hydrogen) atoms. The largest absolute Gasteiger partial charge is 0.352 e. The molecule has 0 atom stereocenters. The molecule has 4 rings (SSSR count). The van der Waals surface area contributed by atoms with Gasteiger partial charge in [-0.05, 0) is 25.0 Å². The molecule has 0 saturated heterocycles. The maximum absolute atomic E-state index is 12.7. The van der Waals surface area contributed by atoms with Gasteiger partial charge in [-0.25, -0.2) is 9.97 Å². The fourth-order valence-electron chi connectivity index (χ4n) is 3.47. The molecule has 0 bridgehead atoms. The van der Waals surface area contributed by atoms with E-state index in [-0.39, 0.29) is 24.1 Å². The van der Waals surface area contributed by atoms with Crippen LogP contribution < -0.4 is 10.9 Å². The minimum atomic E-state index is -0.177. The molecule has 130 valence electrons. The maximum Gasteiger partial charge on any atom is 0.271 e. The number of hydrogen-bond donors (Lipinski definition) is 1. The molecule has 0 spiro atoms. The normalized spacial score (nSPS) is 16.2. The molecular formula is C18H20N4O2S. The van der Waals surface area contributed by atoms with Gasteiger partial charge < -0.3 is 5.32 Å². The average Bonchev–Trinajstić information content (AvgIpc) is 2.80. The second kappa shape index (κ2) is 6.92. The SMILES string of the molecule is O=C(Cn1cnc2c(sc3ncccc32)c1=O)NC1CCCCCC1. The first-order valence-electron chi connectivity index (χ1n) is 8.74. The third-order valence-electron chi connectivity index (χ3n) is 4.76. The molecule has 0 aromatic carbocycles. The van der Waals surface area contributed by atoms with Gasteiger partial charge in [0.2, 0.25) is 5.91 Å². The van der Waals surface area contributed by atoms with Crippen molar-refractivity contribution in [2.45, 2.75) is 51.1 Å². The average molecular weight is 356 g/mol. The van der Waals surface area contributed by atoms with Gasteiger partial charge in [0.25, 0.3) is 5.56 Å². The Balaban J connectivity index is 1.57. The van der Waals surface area contributed by atoms with Crippen molar-refractivity contribution < 1.29 is 4.79 Å². The standard InChI is InChI=1S/C18H20N4O2S/c23-14(21-12-6-3-1-2-4-7-12)10-22-11-20-15-13-8-5-9-19-17(13)25-16(15)18(22)24/h5,8-9,11-12H,1-4,6-7,10H2,(H,21,23). The number of nitrogens with one attached hydrogen (secondary N) is 1. The Morgan fingerprint density at radius 1 is 1.24 bits per heavy atom. The van der Waals surface area contributed by atoms with E-state index in [4.69, 9.17) is 0 Å². The van der Waals surface area contributed by atoms with Crippen LogP contribution in [-0.2, 0) is 11.3 Å². The van der Waals surface area contributed by atoms with E-state index in [0.717, 1.165) is 35.9 Å². The fourth-order valence-corrected chi connectivity index (χ4v) is 4.51. The highest BCUT2D eigenvalue weighted by molar-refractivity contribution is 7.25. The van der Waals surface area contributed by atoms with Crippen LogP contribution in [0.15, 0.2) is 29.5 Å². The van der Waals surface area contributed by atoms with E-state index in [0.29, 0.717) is 10.2 Å². The quantitative estimate of drug-likeness (QED) is 0.732. The number of carbonyl (C=O) groups is 1. The summed E-state index contributed by atoms with van der Waals surface area (Å²) >= 11 is 1.33. The summed E-state index contributed by atoms with van der Waals surface area (Å²) in [5, 5.41) is 3.96. The number of thiophene rings is 1. The van der Waals surface area contributed by atoms with Crippen LogP contribution in [0.25, 0.3) is 20.4 Å². The van der Waals surface area contributed by atoms with Crippen molar-refractivity contribution in [1.29, 1.82) is 0 Å². The highest BCUT2D eigenvalue weighted by Crippen LogP contribution is 2.27. The van der Waals surface area contributed by atoms with E-state index in [1.165, 1.54) is 35.1 Å². The summed E-state index contributed by atoms with van der Waals surface area (Å²) < 4.78 is 1.95. The second-order valence-electron chi connectivity index (χ2n) is 6.57. The molecule has 0 radical (unpaired) electrons. The van der Waals surface area contributed by atoms with Crippen LogP contribution in [0.5, 0.6) is 0 Å². The highest BCUT2D eigenvalue weighted by atomic mass is 32.1. The van der Waals surface area contributed by atoms with E-state index in [1.807, 2.05) is 12.1 Å². The van der Waals surface area contributed by atoms with Crippen molar-refractivity contribution in [2.75, 3.05) is 0 Å². The van der Waals surface area contributed by atoms with Gasteiger partial charge in [0.1, 0.15) is 16.1 Å². The minimum Gasteiger partial charge on any atom is -0.352 e. The van der Waals surface area contributed by atoms with Crippen molar-refractivity contribution in [3.8, 4) is 0 Å². The molecule has 7 heteroatoms. The smallest absolute Gasteiger partial charge is 0.271 e. The molecule has 0 aliphatic heterocycles. The van der Waals surface area contributed by atoms with Crippen LogP contribution in [0.2, 0.25) is 0 Å². The fraction of sp³-hybridized carbons (Fsp3) is 0.444. The molecule has 1 saturated carbocycles. The molecule has 1 aliphatic carbocycles. The number of carbonyl (C=O) groups excluding carboxylic acids is 1. The lowest BCUT2D eigenvalue weighted by molar-refractivity contribution is -0.122. The number of amides is 1. The highest BCUT2D eigenvalue weighted by Gasteiger charge is 2.17. The third-order valence-corrected chi connectivity index (χ3v) is 5.85. The Morgan fingerprint density at radius 3 is 2.84 bits per heavy atom. The van der Waals surface area contributed by atoms with Crippen LogP contribution in [-0.4, -0.2) is 26.5 Å². The zero-order valence-electron chi connectivity index (χ0n) is 13.9. The van der Waals surface area contributed by atoms with E-state index in [2.05, 4.69) is 15.3 Å². The summed E-state index contributed by atoms with van der Waals surface area (Å²) in [5.74, 6) is -0.116. The monoisotopic (exact) mass is 356 g/mol. The molecule has 3 aromatic heterocycles. The molecule has 1 aliphatic rings. The maximum atomic E-state index is 12.7. The number of aromatic nitrogens is 3. The summed E-state index contributed by atoms with van der Waals surface area (Å²) in [6.45, 7) is 0.0138. The first-order chi connectivity index (χ1) is 12.2. The predicted molar refractivity (Wildman–Crippen MR) is 98.8 cm³/mol. The van der Waals surface area contributed by atoms with Gasteiger partial charge in [0.05, 0.1) is 11.8 Å². The van der Waals surface area contributed by atoms with Gasteiger partial charge >= 0.3 is 0 Å². The lowest BCUT2D eigenvalue weighted by atomic mass is 10.1. The van der Waals surface area contributed by atoms with Crippen molar-refractivity contribution in [3.05, 3.63) is 35.0 Å². The van der Waals surface area contributed by atoms with Gasteiger partial charge in [-0.2, -0.15) is 0 Å². The zero-order chi connectivity index (χ0) is 17.2. The van der Waals surface area contributed by atoms with Crippen molar-refractivity contribution in [2.24, 2.45) is 0 Å². The van der Waals surface area contributed by atoms with Crippen molar-refractivity contribution >= 4 is 37.7 Å². The molecular weight excluding hydrogens is 336 g/mol. The predicted octanol–water partition coefficient (Wildman–Crippen LogP) is 2.85. The van der Waals surface area contributed by atoms with E-state index < -0.39 is 0 Å². The van der Waals surface area contributed by atoms with Crippen LogP contribution in [0, 0.1) is 0 Å². The van der Waals surface area contributed by atoms with E-state index in [9.17, 15) is 9.59 Å². The molecule has 1 amide bonds. The Labute approximate surface area is 148 Å². The van der Waals surface area contributed by atoms with E-state index in [1.54, 1.807) is 6.20 Å². The van der Waals surface area contributed by atoms with Gasteiger partial charge in [-0.1, -0.05) is 25.7 Å². The zero-order valence-corrected chi connectivity index (χ0v) is 14.7. The molecule has 3 aromatic rings. The van der Waals surface area contributed by atoms with Gasteiger partial charge in [-0.3, -0.25) is 14.2 Å².